The highest BCUT2D eigenvalue weighted by molar-refractivity contribution is 7.92. The summed E-state index contributed by atoms with van der Waals surface area (Å²) in [6.45, 7) is 2.32. The number of halogens is 1. The molecule has 1 amide bonds. The van der Waals surface area contributed by atoms with E-state index in [0.717, 1.165) is 44.3 Å². The second-order valence-corrected chi connectivity index (χ2v) is 8.21. The fourth-order valence-electron chi connectivity index (χ4n) is 3.29. The predicted molar refractivity (Wildman–Crippen MR) is 97.6 cm³/mol. The second-order valence-electron chi connectivity index (χ2n) is 6.30. The molecule has 2 aliphatic heterocycles. The van der Waals surface area contributed by atoms with Gasteiger partial charge < -0.3 is 10.6 Å². The summed E-state index contributed by atoms with van der Waals surface area (Å²) in [5, 5.41) is 6.33. The van der Waals surface area contributed by atoms with E-state index in [0.29, 0.717) is 17.8 Å². The molecule has 0 saturated carbocycles. The molecular weight excluding hydrogens is 350 g/mol. The highest BCUT2D eigenvalue weighted by atomic mass is 35.5. The number of nitrogens with one attached hydrogen (secondary N) is 2. The fraction of sp³-hybridized carbons (Fsp3) is 0.562. The zero-order chi connectivity index (χ0) is 16.4. The smallest absolute Gasteiger partial charge is 0.251 e. The van der Waals surface area contributed by atoms with Crippen LogP contribution in [0.2, 0.25) is 0 Å². The lowest BCUT2D eigenvalue weighted by atomic mass is 10.00. The van der Waals surface area contributed by atoms with E-state index in [2.05, 4.69) is 10.6 Å². The number of hydrogen-bond acceptors (Lipinski definition) is 4. The molecule has 0 aliphatic carbocycles. The highest BCUT2D eigenvalue weighted by Crippen LogP contribution is 2.29. The summed E-state index contributed by atoms with van der Waals surface area (Å²) in [4.78, 5) is 12.4. The Labute approximate surface area is 149 Å². The molecule has 0 bridgehead atoms. The SMILES string of the molecule is CS(=O)(=O)N1CCCc2cc(C(=O)N[C@H]3CCCNC3)ccc21.Cl. The van der Waals surface area contributed by atoms with E-state index in [4.69, 9.17) is 0 Å². The molecule has 0 spiro atoms. The Balaban J connectivity index is 0.00000208. The molecule has 2 N–H and O–H groups in total. The molecule has 1 fully saturated rings. The van der Waals surface area contributed by atoms with E-state index in [1.165, 1.54) is 10.6 Å². The van der Waals surface area contributed by atoms with Gasteiger partial charge in [0.1, 0.15) is 0 Å². The van der Waals surface area contributed by atoms with Crippen molar-refractivity contribution in [1.82, 2.24) is 10.6 Å². The maximum atomic E-state index is 12.4. The molecule has 6 nitrogen and oxygen atoms in total. The number of rotatable bonds is 3. The normalized spacial score (nSPS) is 20.7. The van der Waals surface area contributed by atoms with Crippen molar-refractivity contribution in [2.24, 2.45) is 0 Å². The number of carbonyl (C=O) groups is 1. The first-order chi connectivity index (χ1) is 10.9. The third-order valence-corrected chi connectivity index (χ3v) is 5.63. The van der Waals surface area contributed by atoms with E-state index in [9.17, 15) is 13.2 Å². The number of sulfonamides is 1. The Hall–Kier alpha value is -1.31. The van der Waals surface area contributed by atoms with Crippen molar-refractivity contribution < 1.29 is 13.2 Å². The number of anilines is 1. The first-order valence-corrected chi connectivity index (χ1v) is 9.92. The van der Waals surface area contributed by atoms with Gasteiger partial charge >= 0.3 is 0 Å². The van der Waals surface area contributed by atoms with Crippen molar-refractivity contribution in [3.8, 4) is 0 Å². The Bertz CT molecular complexity index is 703. The summed E-state index contributed by atoms with van der Waals surface area (Å²) < 4.78 is 25.2. The number of piperidine rings is 1. The van der Waals surface area contributed by atoms with Gasteiger partial charge in [0.2, 0.25) is 10.0 Å². The third kappa shape index (κ3) is 4.20. The van der Waals surface area contributed by atoms with E-state index < -0.39 is 10.0 Å². The molecule has 1 aromatic rings. The minimum atomic E-state index is -3.27. The summed E-state index contributed by atoms with van der Waals surface area (Å²) in [5.41, 5.74) is 2.23. The molecule has 3 rings (SSSR count). The van der Waals surface area contributed by atoms with Gasteiger partial charge in [0.05, 0.1) is 11.9 Å². The van der Waals surface area contributed by atoms with Crippen molar-refractivity contribution in [2.45, 2.75) is 31.7 Å². The topological polar surface area (TPSA) is 78.5 Å². The quantitative estimate of drug-likeness (QED) is 0.837. The number of benzene rings is 1. The minimum absolute atomic E-state index is 0. The molecule has 0 radical (unpaired) electrons. The molecule has 2 aliphatic rings. The number of carbonyl (C=O) groups excluding carboxylic acids is 1. The van der Waals surface area contributed by atoms with Crippen LogP contribution >= 0.6 is 12.4 Å². The largest absolute Gasteiger partial charge is 0.348 e. The van der Waals surface area contributed by atoms with Crippen molar-refractivity contribution in [2.75, 3.05) is 30.2 Å². The molecule has 24 heavy (non-hydrogen) atoms. The standard InChI is InChI=1S/C16H23N3O3S.ClH/c1-23(21,22)19-9-3-4-12-10-13(6-7-15(12)19)16(20)18-14-5-2-8-17-11-14;/h6-7,10,14,17H,2-5,8-9,11H2,1H3,(H,18,20);1H/t14-;/m0./s1. The third-order valence-electron chi connectivity index (χ3n) is 4.45. The van der Waals surface area contributed by atoms with Gasteiger partial charge in [-0.1, -0.05) is 0 Å². The Morgan fingerprint density at radius 3 is 2.79 bits per heavy atom. The van der Waals surface area contributed by atoms with E-state index in [1.807, 2.05) is 6.07 Å². The summed E-state index contributed by atoms with van der Waals surface area (Å²) in [5.74, 6) is -0.0852. The molecule has 8 heteroatoms. The van der Waals surface area contributed by atoms with Crippen LogP contribution < -0.4 is 14.9 Å². The van der Waals surface area contributed by atoms with Gasteiger partial charge in [-0.05, 0) is 56.0 Å². The predicted octanol–water partition coefficient (Wildman–Crippen LogP) is 1.30. The molecular formula is C16H24ClN3O3S. The zero-order valence-electron chi connectivity index (χ0n) is 13.7. The lowest BCUT2D eigenvalue weighted by molar-refractivity contribution is 0.0930. The lowest BCUT2D eigenvalue weighted by Gasteiger charge is -2.29. The van der Waals surface area contributed by atoms with Crippen LogP contribution in [0.3, 0.4) is 0 Å². The Kier molecular flexibility index (Phi) is 6.11. The molecule has 1 saturated heterocycles. The van der Waals surface area contributed by atoms with E-state index in [1.54, 1.807) is 12.1 Å². The Morgan fingerprint density at radius 1 is 1.33 bits per heavy atom. The monoisotopic (exact) mass is 373 g/mol. The van der Waals surface area contributed by atoms with Gasteiger partial charge in [-0.15, -0.1) is 12.4 Å². The van der Waals surface area contributed by atoms with Crippen LogP contribution in [0.5, 0.6) is 0 Å². The van der Waals surface area contributed by atoms with Crippen molar-refractivity contribution in [3.05, 3.63) is 29.3 Å². The number of nitrogens with zero attached hydrogens (tertiary/aromatic N) is 1. The van der Waals surface area contributed by atoms with Crippen LogP contribution in [0.1, 0.15) is 35.2 Å². The summed E-state index contributed by atoms with van der Waals surface area (Å²) in [6.07, 6.45) is 4.86. The zero-order valence-corrected chi connectivity index (χ0v) is 15.4. The first kappa shape index (κ1) is 19.0. The van der Waals surface area contributed by atoms with Gasteiger partial charge in [0, 0.05) is 24.7 Å². The van der Waals surface area contributed by atoms with Gasteiger partial charge in [0.15, 0.2) is 0 Å². The van der Waals surface area contributed by atoms with Gasteiger partial charge in [-0.25, -0.2) is 8.42 Å². The van der Waals surface area contributed by atoms with Crippen LogP contribution in [0, 0.1) is 0 Å². The van der Waals surface area contributed by atoms with Crippen molar-refractivity contribution in [1.29, 1.82) is 0 Å². The van der Waals surface area contributed by atoms with Crippen LogP contribution in [0.4, 0.5) is 5.69 Å². The average molecular weight is 374 g/mol. The summed E-state index contributed by atoms with van der Waals surface area (Å²) in [6, 6.07) is 5.47. The summed E-state index contributed by atoms with van der Waals surface area (Å²) >= 11 is 0. The number of aryl methyl sites for hydroxylation is 1. The lowest BCUT2D eigenvalue weighted by Crippen LogP contribution is -2.45. The molecule has 1 atom stereocenters. The minimum Gasteiger partial charge on any atom is -0.348 e. The average Bonchev–Trinajstić information content (AvgIpc) is 2.53. The van der Waals surface area contributed by atoms with Crippen LogP contribution in [0.25, 0.3) is 0 Å². The van der Waals surface area contributed by atoms with Gasteiger partial charge in [-0.3, -0.25) is 9.10 Å². The number of hydrogen-bond donors (Lipinski definition) is 2. The molecule has 0 unspecified atom stereocenters. The van der Waals surface area contributed by atoms with Crippen molar-refractivity contribution in [3.63, 3.8) is 0 Å². The van der Waals surface area contributed by atoms with Crippen LogP contribution in [-0.4, -0.2) is 46.3 Å². The first-order valence-electron chi connectivity index (χ1n) is 8.07. The molecule has 134 valence electrons. The highest BCUT2D eigenvalue weighted by Gasteiger charge is 2.25. The van der Waals surface area contributed by atoms with Gasteiger partial charge in [-0.2, -0.15) is 0 Å². The number of fused-ring (bicyclic) bond motifs is 1. The molecule has 0 aromatic heterocycles. The summed E-state index contributed by atoms with van der Waals surface area (Å²) in [7, 11) is -3.27. The second kappa shape index (κ2) is 7.72. The maximum Gasteiger partial charge on any atom is 0.251 e. The van der Waals surface area contributed by atoms with E-state index >= 15 is 0 Å². The van der Waals surface area contributed by atoms with E-state index in [-0.39, 0.29) is 24.4 Å². The van der Waals surface area contributed by atoms with Gasteiger partial charge in [0.25, 0.3) is 5.91 Å². The van der Waals surface area contributed by atoms with Crippen LogP contribution in [0.15, 0.2) is 18.2 Å². The van der Waals surface area contributed by atoms with Crippen LogP contribution in [-0.2, 0) is 16.4 Å². The molecule has 2 heterocycles. The Morgan fingerprint density at radius 2 is 2.12 bits per heavy atom. The number of amides is 1. The van der Waals surface area contributed by atoms with Crippen molar-refractivity contribution >= 4 is 34.0 Å². The molecule has 1 aromatic carbocycles. The fourth-order valence-corrected chi connectivity index (χ4v) is 4.29. The maximum absolute atomic E-state index is 12.4.